The van der Waals surface area contributed by atoms with Crippen molar-refractivity contribution in [1.82, 2.24) is 0 Å². The van der Waals surface area contributed by atoms with Gasteiger partial charge >= 0.3 is 0 Å². The van der Waals surface area contributed by atoms with E-state index < -0.39 is 0 Å². The van der Waals surface area contributed by atoms with E-state index in [1.54, 1.807) is 25.3 Å². The first-order valence-corrected chi connectivity index (χ1v) is 6.06. The highest BCUT2D eigenvalue weighted by Gasteiger charge is 2.01. The highest BCUT2D eigenvalue weighted by molar-refractivity contribution is 6.36. The van der Waals surface area contributed by atoms with Crippen molar-refractivity contribution in [1.29, 1.82) is 0 Å². The minimum absolute atomic E-state index is 0.559. The number of rotatable bonds is 1. The summed E-state index contributed by atoms with van der Waals surface area (Å²) in [6.45, 7) is 0. The molecule has 0 saturated carbocycles. The number of hydrogen-bond acceptors (Lipinski definition) is 1. The summed E-state index contributed by atoms with van der Waals surface area (Å²) < 4.78 is 5.08. The zero-order chi connectivity index (χ0) is 13.0. The van der Waals surface area contributed by atoms with Gasteiger partial charge in [-0.05, 0) is 36.4 Å². The lowest BCUT2D eigenvalue weighted by molar-refractivity contribution is 0.415. The summed E-state index contributed by atoms with van der Waals surface area (Å²) in [5.41, 5.74) is 1.53. The van der Waals surface area contributed by atoms with E-state index in [2.05, 4.69) is 11.8 Å². The lowest BCUT2D eigenvalue weighted by atomic mass is 10.2. The van der Waals surface area contributed by atoms with Crippen LogP contribution < -0.4 is 4.74 Å². The van der Waals surface area contributed by atoms with Gasteiger partial charge in [-0.1, -0.05) is 41.1 Å². The van der Waals surface area contributed by atoms with Gasteiger partial charge in [0.1, 0.15) is 5.75 Å². The number of methoxy groups -OCH3 is 1. The Hall–Kier alpha value is -1.62. The van der Waals surface area contributed by atoms with E-state index in [9.17, 15) is 0 Å². The van der Waals surface area contributed by atoms with Crippen LogP contribution in [0.2, 0.25) is 10.0 Å². The molecule has 2 aromatic carbocycles. The third-order valence-corrected chi connectivity index (χ3v) is 3.01. The van der Waals surface area contributed by atoms with Crippen LogP contribution in [0.3, 0.4) is 0 Å². The summed E-state index contributed by atoms with van der Waals surface area (Å²) in [7, 11) is 1.63. The second kappa shape index (κ2) is 5.82. The van der Waals surface area contributed by atoms with Crippen LogP contribution in [0.4, 0.5) is 0 Å². The number of ether oxygens (including phenoxy) is 1. The zero-order valence-electron chi connectivity index (χ0n) is 9.71. The summed E-state index contributed by atoms with van der Waals surface area (Å²) in [4.78, 5) is 0. The molecule has 0 aliphatic carbocycles. The standard InChI is InChI=1S/C15H10Cl2O/c1-18-12-8-5-11(6-9-12)7-10-13-14(16)3-2-4-15(13)17/h2-6,8-9H,1H3. The molecule has 0 spiro atoms. The maximum absolute atomic E-state index is 6.04. The SMILES string of the molecule is COc1ccc(C#Cc2c(Cl)cccc2Cl)cc1. The van der Waals surface area contributed by atoms with Gasteiger partial charge in [0.15, 0.2) is 0 Å². The number of benzene rings is 2. The fourth-order valence-electron chi connectivity index (χ4n) is 1.43. The van der Waals surface area contributed by atoms with Crippen LogP contribution in [0.15, 0.2) is 42.5 Å². The summed E-state index contributed by atoms with van der Waals surface area (Å²) >= 11 is 12.1. The molecule has 90 valence electrons. The molecular formula is C15H10Cl2O. The Morgan fingerprint density at radius 1 is 0.889 bits per heavy atom. The van der Waals surface area contributed by atoms with Crippen LogP contribution in [-0.4, -0.2) is 7.11 Å². The molecule has 0 heterocycles. The van der Waals surface area contributed by atoms with E-state index >= 15 is 0 Å². The minimum atomic E-state index is 0.559. The number of hydrogen-bond donors (Lipinski definition) is 0. The first-order chi connectivity index (χ1) is 8.70. The Morgan fingerprint density at radius 3 is 2.06 bits per heavy atom. The van der Waals surface area contributed by atoms with E-state index in [0.29, 0.717) is 15.6 Å². The van der Waals surface area contributed by atoms with Crippen LogP contribution in [0.5, 0.6) is 5.75 Å². The molecule has 2 rings (SSSR count). The Kier molecular flexibility index (Phi) is 4.15. The Bertz CT molecular complexity index is 586. The topological polar surface area (TPSA) is 9.23 Å². The van der Waals surface area contributed by atoms with Gasteiger partial charge in [-0.25, -0.2) is 0 Å². The highest BCUT2D eigenvalue weighted by Crippen LogP contribution is 2.23. The van der Waals surface area contributed by atoms with Gasteiger partial charge in [0.05, 0.1) is 22.7 Å². The molecule has 0 N–H and O–H groups in total. The van der Waals surface area contributed by atoms with Crippen LogP contribution >= 0.6 is 23.2 Å². The third kappa shape index (κ3) is 2.98. The van der Waals surface area contributed by atoms with Gasteiger partial charge in [-0.3, -0.25) is 0 Å². The predicted octanol–water partition coefficient (Wildman–Crippen LogP) is 4.40. The fraction of sp³-hybridized carbons (Fsp3) is 0.0667. The molecule has 0 amide bonds. The zero-order valence-corrected chi connectivity index (χ0v) is 11.2. The van der Waals surface area contributed by atoms with E-state index in [1.165, 1.54) is 0 Å². The first-order valence-electron chi connectivity index (χ1n) is 5.31. The molecule has 0 aliphatic heterocycles. The molecule has 0 atom stereocenters. The van der Waals surface area contributed by atoms with Gasteiger partial charge < -0.3 is 4.74 Å². The molecule has 0 radical (unpaired) electrons. The minimum Gasteiger partial charge on any atom is -0.497 e. The maximum Gasteiger partial charge on any atom is 0.118 e. The van der Waals surface area contributed by atoms with Crippen LogP contribution in [-0.2, 0) is 0 Å². The second-order valence-corrected chi connectivity index (χ2v) is 4.39. The van der Waals surface area contributed by atoms with E-state index in [-0.39, 0.29) is 0 Å². The van der Waals surface area contributed by atoms with Gasteiger partial charge in [0.2, 0.25) is 0 Å². The summed E-state index contributed by atoms with van der Waals surface area (Å²) in [6, 6.07) is 12.8. The van der Waals surface area contributed by atoms with E-state index in [4.69, 9.17) is 27.9 Å². The molecule has 0 aliphatic rings. The molecule has 0 bridgehead atoms. The Morgan fingerprint density at radius 2 is 1.50 bits per heavy atom. The van der Waals surface area contributed by atoms with E-state index in [0.717, 1.165) is 11.3 Å². The second-order valence-electron chi connectivity index (χ2n) is 3.58. The van der Waals surface area contributed by atoms with Crippen LogP contribution in [0.25, 0.3) is 0 Å². The monoisotopic (exact) mass is 276 g/mol. The van der Waals surface area contributed by atoms with Crippen molar-refractivity contribution < 1.29 is 4.74 Å². The van der Waals surface area contributed by atoms with Crippen molar-refractivity contribution in [3.8, 4) is 17.6 Å². The van der Waals surface area contributed by atoms with Crippen molar-refractivity contribution in [3.63, 3.8) is 0 Å². The lowest BCUT2D eigenvalue weighted by Crippen LogP contribution is -1.83. The molecule has 0 saturated heterocycles. The molecular weight excluding hydrogens is 267 g/mol. The van der Waals surface area contributed by atoms with Crippen molar-refractivity contribution in [2.75, 3.05) is 7.11 Å². The highest BCUT2D eigenvalue weighted by atomic mass is 35.5. The molecule has 2 aromatic rings. The fourth-order valence-corrected chi connectivity index (χ4v) is 1.92. The molecule has 18 heavy (non-hydrogen) atoms. The van der Waals surface area contributed by atoms with Gasteiger partial charge in [-0.2, -0.15) is 0 Å². The first kappa shape index (κ1) is 12.8. The molecule has 0 unspecified atom stereocenters. The third-order valence-electron chi connectivity index (χ3n) is 2.38. The molecule has 1 nitrogen and oxygen atoms in total. The molecule has 0 fully saturated rings. The Labute approximate surface area is 116 Å². The van der Waals surface area contributed by atoms with E-state index in [1.807, 2.05) is 24.3 Å². The van der Waals surface area contributed by atoms with Crippen molar-refractivity contribution in [2.45, 2.75) is 0 Å². The van der Waals surface area contributed by atoms with Gasteiger partial charge in [0, 0.05) is 5.56 Å². The van der Waals surface area contributed by atoms with Crippen molar-refractivity contribution in [3.05, 3.63) is 63.6 Å². The summed E-state index contributed by atoms with van der Waals surface area (Å²) in [5, 5.41) is 1.12. The quantitative estimate of drug-likeness (QED) is 0.702. The molecule has 3 heteroatoms. The smallest absolute Gasteiger partial charge is 0.118 e. The van der Waals surface area contributed by atoms with Gasteiger partial charge in [0.25, 0.3) is 0 Å². The summed E-state index contributed by atoms with van der Waals surface area (Å²) in [5.74, 6) is 6.80. The lowest BCUT2D eigenvalue weighted by Gasteiger charge is -1.99. The van der Waals surface area contributed by atoms with Crippen molar-refractivity contribution in [2.24, 2.45) is 0 Å². The Balaban J connectivity index is 2.31. The van der Waals surface area contributed by atoms with Crippen molar-refractivity contribution >= 4 is 23.2 Å². The van der Waals surface area contributed by atoms with Crippen LogP contribution in [0, 0.1) is 11.8 Å². The average Bonchev–Trinajstić information content (AvgIpc) is 2.39. The molecule has 0 aromatic heterocycles. The van der Waals surface area contributed by atoms with Gasteiger partial charge in [-0.15, -0.1) is 0 Å². The number of halogens is 2. The van der Waals surface area contributed by atoms with Crippen LogP contribution in [0.1, 0.15) is 11.1 Å². The normalized spacial score (nSPS) is 9.50. The summed E-state index contributed by atoms with van der Waals surface area (Å²) in [6.07, 6.45) is 0. The average molecular weight is 277 g/mol. The predicted molar refractivity (Wildman–Crippen MR) is 75.4 cm³/mol. The largest absolute Gasteiger partial charge is 0.497 e. The maximum atomic E-state index is 6.04.